The fourth-order valence-electron chi connectivity index (χ4n) is 0.810. The lowest BCUT2D eigenvalue weighted by atomic mass is 10.2. The van der Waals surface area contributed by atoms with E-state index in [0.717, 1.165) is 25.7 Å². The van der Waals surface area contributed by atoms with Crippen LogP contribution in [0.1, 0.15) is 25.7 Å². The SMILES string of the molecule is C#CCCCC/C=C/O[Si](C)(C)C. The van der Waals surface area contributed by atoms with Crippen molar-refractivity contribution >= 4 is 8.32 Å². The largest absolute Gasteiger partial charge is 0.550 e. The van der Waals surface area contributed by atoms with Crippen LogP contribution in [0.15, 0.2) is 12.3 Å². The van der Waals surface area contributed by atoms with E-state index in [1.165, 1.54) is 0 Å². The summed E-state index contributed by atoms with van der Waals surface area (Å²) in [5, 5.41) is 0. The van der Waals surface area contributed by atoms with Gasteiger partial charge in [-0.25, -0.2) is 0 Å². The second-order valence-electron chi connectivity index (χ2n) is 4.05. The molecule has 0 amide bonds. The van der Waals surface area contributed by atoms with Crippen molar-refractivity contribution in [3.05, 3.63) is 12.3 Å². The van der Waals surface area contributed by atoms with Crippen molar-refractivity contribution in [2.45, 2.75) is 45.3 Å². The molecule has 0 aromatic rings. The fraction of sp³-hybridized carbons (Fsp3) is 0.636. The third-order valence-corrected chi connectivity index (χ3v) is 2.30. The lowest BCUT2D eigenvalue weighted by molar-refractivity contribution is 0.476. The Morgan fingerprint density at radius 1 is 1.31 bits per heavy atom. The standard InChI is InChI=1S/C11H20OSi/c1-5-6-7-8-9-10-11-12-13(2,3)4/h1,10-11H,6-9H2,2-4H3/b11-10+. The van der Waals surface area contributed by atoms with Gasteiger partial charge in [-0.3, -0.25) is 0 Å². The van der Waals surface area contributed by atoms with E-state index in [1.54, 1.807) is 0 Å². The summed E-state index contributed by atoms with van der Waals surface area (Å²) in [5.41, 5.74) is 0. The van der Waals surface area contributed by atoms with E-state index in [0.29, 0.717) is 0 Å². The Balaban J connectivity index is 3.28. The summed E-state index contributed by atoms with van der Waals surface area (Å²) in [6.07, 6.45) is 13.3. The molecule has 0 saturated heterocycles. The molecular formula is C11H20OSi. The monoisotopic (exact) mass is 196 g/mol. The number of hydrogen-bond acceptors (Lipinski definition) is 1. The smallest absolute Gasteiger partial charge is 0.241 e. The van der Waals surface area contributed by atoms with Crippen LogP contribution in [0.4, 0.5) is 0 Å². The maximum Gasteiger partial charge on any atom is 0.241 e. The molecule has 2 heteroatoms. The van der Waals surface area contributed by atoms with E-state index in [-0.39, 0.29) is 0 Å². The summed E-state index contributed by atoms with van der Waals surface area (Å²) in [6, 6.07) is 0. The van der Waals surface area contributed by atoms with Crippen molar-refractivity contribution in [2.24, 2.45) is 0 Å². The van der Waals surface area contributed by atoms with Crippen molar-refractivity contribution in [1.82, 2.24) is 0 Å². The molecule has 0 N–H and O–H groups in total. The van der Waals surface area contributed by atoms with Crippen molar-refractivity contribution in [2.75, 3.05) is 0 Å². The summed E-state index contributed by atoms with van der Waals surface area (Å²) in [5.74, 6) is 2.63. The van der Waals surface area contributed by atoms with Gasteiger partial charge in [0.1, 0.15) is 0 Å². The van der Waals surface area contributed by atoms with Gasteiger partial charge in [-0.1, -0.05) is 6.08 Å². The molecule has 13 heavy (non-hydrogen) atoms. The highest BCUT2D eigenvalue weighted by Gasteiger charge is 2.12. The van der Waals surface area contributed by atoms with Crippen LogP contribution < -0.4 is 0 Å². The molecule has 0 aromatic carbocycles. The van der Waals surface area contributed by atoms with Crippen molar-refractivity contribution in [3.63, 3.8) is 0 Å². The first-order chi connectivity index (χ1) is 6.06. The Labute approximate surface area is 83.3 Å². The van der Waals surface area contributed by atoms with E-state index in [2.05, 4.69) is 31.6 Å². The van der Waals surface area contributed by atoms with E-state index in [9.17, 15) is 0 Å². The normalized spacial score (nSPS) is 11.5. The number of allylic oxidation sites excluding steroid dienone is 1. The second kappa shape index (κ2) is 6.79. The Bertz CT molecular complexity index is 183. The van der Waals surface area contributed by atoms with Crippen LogP contribution in [0.25, 0.3) is 0 Å². The van der Waals surface area contributed by atoms with Gasteiger partial charge >= 0.3 is 0 Å². The highest BCUT2D eigenvalue weighted by atomic mass is 28.4. The van der Waals surface area contributed by atoms with Crippen molar-refractivity contribution in [3.8, 4) is 12.3 Å². The minimum Gasteiger partial charge on any atom is -0.550 e. The zero-order valence-electron chi connectivity index (χ0n) is 8.97. The zero-order valence-corrected chi connectivity index (χ0v) is 9.97. The highest BCUT2D eigenvalue weighted by molar-refractivity contribution is 6.69. The van der Waals surface area contributed by atoms with Crippen molar-refractivity contribution in [1.29, 1.82) is 0 Å². The van der Waals surface area contributed by atoms with Gasteiger partial charge < -0.3 is 4.43 Å². The minimum atomic E-state index is -1.35. The third-order valence-electron chi connectivity index (χ3n) is 1.46. The van der Waals surface area contributed by atoms with Gasteiger partial charge in [0.05, 0.1) is 6.26 Å². The van der Waals surface area contributed by atoms with E-state index in [4.69, 9.17) is 10.8 Å². The molecule has 0 aliphatic rings. The van der Waals surface area contributed by atoms with Gasteiger partial charge in [0.25, 0.3) is 0 Å². The summed E-state index contributed by atoms with van der Waals surface area (Å²) < 4.78 is 5.55. The van der Waals surface area contributed by atoms with Crippen LogP contribution in [-0.4, -0.2) is 8.32 Å². The zero-order chi connectivity index (χ0) is 10.2. The summed E-state index contributed by atoms with van der Waals surface area (Å²) in [4.78, 5) is 0. The summed E-state index contributed by atoms with van der Waals surface area (Å²) in [6.45, 7) is 6.53. The molecule has 0 bridgehead atoms. The van der Waals surface area contributed by atoms with Crippen LogP contribution in [0.5, 0.6) is 0 Å². The van der Waals surface area contributed by atoms with Gasteiger partial charge in [-0.15, -0.1) is 12.3 Å². The van der Waals surface area contributed by atoms with Gasteiger partial charge in [-0.05, 0) is 38.9 Å². The maximum atomic E-state index is 5.55. The lowest BCUT2D eigenvalue weighted by Gasteiger charge is -2.14. The van der Waals surface area contributed by atoms with Crippen LogP contribution in [-0.2, 0) is 4.43 Å². The Morgan fingerprint density at radius 2 is 2.00 bits per heavy atom. The molecule has 0 saturated carbocycles. The van der Waals surface area contributed by atoms with Crippen LogP contribution >= 0.6 is 0 Å². The van der Waals surface area contributed by atoms with Crippen LogP contribution in [0, 0.1) is 12.3 Å². The molecule has 0 radical (unpaired) electrons. The summed E-state index contributed by atoms with van der Waals surface area (Å²) >= 11 is 0. The first kappa shape index (κ1) is 12.3. The van der Waals surface area contributed by atoms with Crippen LogP contribution in [0.3, 0.4) is 0 Å². The Kier molecular flexibility index (Phi) is 6.44. The molecule has 1 nitrogen and oxygen atoms in total. The second-order valence-corrected chi connectivity index (χ2v) is 8.51. The highest BCUT2D eigenvalue weighted by Crippen LogP contribution is 2.04. The molecule has 0 fully saturated rings. The molecule has 0 spiro atoms. The number of hydrogen-bond donors (Lipinski definition) is 0. The van der Waals surface area contributed by atoms with E-state index >= 15 is 0 Å². The third kappa shape index (κ3) is 11.3. The first-order valence-electron chi connectivity index (χ1n) is 4.82. The predicted molar refractivity (Wildman–Crippen MR) is 60.9 cm³/mol. The number of unbranched alkanes of at least 4 members (excludes halogenated alkanes) is 3. The fourth-order valence-corrected chi connectivity index (χ4v) is 1.31. The molecule has 0 aliphatic heterocycles. The molecule has 0 aliphatic carbocycles. The molecule has 0 aromatic heterocycles. The number of terminal acetylenes is 1. The minimum absolute atomic E-state index is 0.892. The number of rotatable bonds is 6. The average Bonchev–Trinajstić information content (AvgIpc) is 2.01. The van der Waals surface area contributed by atoms with E-state index < -0.39 is 8.32 Å². The van der Waals surface area contributed by atoms with Gasteiger partial charge in [0.15, 0.2) is 0 Å². The molecule has 74 valence electrons. The maximum absolute atomic E-state index is 5.55. The molecular weight excluding hydrogens is 176 g/mol. The molecule has 0 unspecified atom stereocenters. The Morgan fingerprint density at radius 3 is 2.54 bits per heavy atom. The van der Waals surface area contributed by atoms with Crippen molar-refractivity contribution < 1.29 is 4.43 Å². The average molecular weight is 196 g/mol. The van der Waals surface area contributed by atoms with Crippen LogP contribution in [0.2, 0.25) is 19.6 Å². The van der Waals surface area contributed by atoms with Gasteiger partial charge in [-0.2, -0.15) is 0 Å². The topological polar surface area (TPSA) is 9.23 Å². The molecule has 0 heterocycles. The Hall–Kier alpha value is -0.683. The predicted octanol–water partition coefficient (Wildman–Crippen LogP) is 3.55. The molecule has 0 atom stereocenters. The van der Waals surface area contributed by atoms with Gasteiger partial charge in [0.2, 0.25) is 8.32 Å². The quantitative estimate of drug-likeness (QED) is 0.273. The van der Waals surface area contributed by atoms with Gasteiger partial charge in [0, 0.05) is 6.42 Å². The summed E-state index contributed by atoms with van der Waals surface area (Å²) in [7, 11) is -1.35. The van der Waals surface area contributed by atoms with E-state index in [1.807, 2.05) is 6.26 Å². The molecule has 0 rings (SSSR count). The first-order valence-corrected chi connectivity index (χ1v) is 8.23. The lowest BCUT2D eigenvalue weighted by Crippen LogP contribution is -2.21.